The minimum atomic E-state index is -3.86. The fourth-order valence-corrected chi connectivity index (χ4v) is 5.82. The van der Waals surface area contributed by atoms with Crippen molar-refractivity contribution in [3.63, 3.8) is 0 Å². The first kappa shape index (κ1) is 26.2. The fourth-order valence-electron chi connectivity index (χ4n) is 3.54. The number of nitrogens with one attached hydrogen (secondary N) is 1. The third-order valence-corrected chi connectivity index (χ3v) is 8.23. The minimum Gasteiger partial charge on any atom is -0.497 e. The number of aryl methyl sites for hydroxylation is 1. The summed E-state index contributed by atoms with van der Waals surface area (Å²) < 4.78 is 49.0. The summed E-state index contributed by atoms with van der Waals surface area (Å²) in [5, 5.41) is 9.76. The fraction of sp³-hybridized carbons (Fsp3) is 0.200. The summed E-state index contributed by atoms with van der Waals surface area (Å²) in [5.74, 6) is 1.17. The number of benzene rings is 3. The van der Waals surface area contributed by atoms with Gasteiger partial charge in [0.1, 0.15) is 11.6 Å². The van der Waals surface area contributed by atoms with Crippen LogP contribution in [0, 0.1) is 12.7 Å². The minimum absolute atomic E-state index is 0.103. The summed E-state index contributed by atoms with van der Waals surface area (Å²) in [4.78, 5) is 0.103. The van der Waals surface area contributed by atoms with Gasteiger partial charge in [0.15, 0.2) is 11.0 Å². The average molecular weight is 547 g/mol. The molecule has 1 heterocycles. The van der Waals surface area contributed by atoms with E-state index in [2.05, 4.69) is 14.9 Å². The van der Waals surface area contributed by atoms with Crippen LogP contribution in [-0.4, -0.2) is 30.3 Å². The molecule has 0 amide bonds. The van der Waals surface area contributed by atoms with Crippen molar-refractivity contribution in [2.24, 2.45) is 0 Å². The van der Waals surface area contributed by atoms with Crippen molar-refractivity contribution in [1.82, 2.24) is 19.5 Å². The van der Waals surface area contributed by atoms with Crippen LogP contribution in [0.1, 0.15) is 29.9 Å². The molecule has 1 unspecified atom stereocenters. The molecular formula is C25H24ClFN4O3S2. The second-order valence-corrected chi connectivity index (χ2v) is 11.1. The number of methoxy groups -OCH3 is 1. The molecule has 1 aromatic heterocycles. The van der Waals surface area contributed by atoms with E-state index in [9.17, 15) is 12.8 Å². The molecule has 0 bridgehead atoms. The molecule has 0 spiro atoms. The zero-order chi connectivity index (χ0) is 25.9. The molecule has 188 valence electrons. The number of hydrogen-bond acceptors (Lipinski definition) is 6. The third kappa shape index (κ3) is 5.89. The van der Waals surface area contributed by atoms with E-state index in [1.165, 1.54) is 43.1 Å². The first-order valence-corrected chi connectivity index (χ1v) is 13.8. The Morgan fingerprint density at radius 3 is 2.44 bits per heavy atom. The predicted molar refractivity (Wildman–Crippen MR) is 139 cm³/mol. The highest BCUT2D eigenvalue weighted by atomic mass is 35.5. The summed E-state index contributed by atoms with van der Waals surface area (Å²) >= 11 is 7.70. The molecule has 4 rings (SSSR count). The zero-order valence-corrected chi connectivity index (χ0v) is 22.2. The molecular weight excluding hydrogens is 523 g/mol. The van der Waals surface area contributed by atoms with Crippen LogP contribution in [0.4, 0.5) is 4.39 Å². The van der Waals surface area contributed by atoms with Gasteiger partial charge in [-0.2, -0.15) is 0 Å². The van der Waals surface area contributed by atoms with Gasteiger partial charge in [-0.15, -0.1) is 10.2 Å². The number of thioether (sulfide) groups is 1. The maximum atomic E-state index is 13.3. The number of aromatic nitrogens is 3. The van der Waals surface area contributed by atoms with Crippen LogP contribution in [0.2, 0.25) is 5.02 Å². The van der Waals surface area contributed by atoms with E-state index >= 15 is 0 Å². The van der Waals surface area contributed by atoms with Gasteiger partial charge in [-0.1, -0.05) is 41.6 Å². The van der Waals surface area contributed by atoms with Crippen LogP contribution in [0.3, 0.4) is 0 Å². The molecule has 0 aliphatic carbocycles. The van der Waals surface area contributed by atoms with E-state index in [4.69, 9.17) is 16.3 Å². The highest BCUT2D eigenvalue weighted by molar-refractivity contribution is 7.98. The lowest BCUT2D eigenvalue weighted by molar-refractivity contribution is 0.414. The largest absolute Gasteiger partial charge is 0.497 e. The molecule has 0 saturated heterocycles. The Morgan fingerprint density at radius 1 is 1.08 bits per heavy atom. The smallest absolute Gasteiger partial charge is 0.241 e. The Labute approximate surface area is 218 Å². The monoisotopic (exact) mass is 546 g/mol. The van der Waals surface area contributed by atoms with Gasteiger partial charge < -0.3 is 4.74 Å². The molecule has 1 N–H and O–H groups in total. The number of ether oxygens (including phenoxy) is 1. The van der Waals surface area contributed by atoms with E-state index in [1.54, 1.807) is 47.9 Å². The van der Waals surface area contributed by atoms with Gasteiger partial charge in [0.25, 0.3) is 0 Å². The normalized spacial score (nSPS) is 12.5. The van der Waals surface area contributed by atoms with Crippen molar-refractivity contribution in [3.8, 4) is 11.4 Å². The Bertz CT molecular complexity index is 1460. The quantitative estimate of drug-likeness (QED) is 0.271. The van der Waals surface area contributed by atoms with Gasteiger partial charge in [0.05, 0.1) is 23.7 Å². The van der Waals surface area contributed by atoms with Gasteiger partial charge in [0.2, 0.25) is 10.0 Å². The van der Waals surface area contributed by atoms with E-state index in [0.717, 1.165) is 16.8 Å². The average Bonchev–Trinajstić information content (AvgIpc) is 3.29. The van der Waals surface area contributed by atoms with Crippen LogP contribution >= 0.6 is 23.4 Å². The summed E-state index contributed by atoms with van der Waals surface area (Å²) in [6.45, 7) is 3.63. The first-order chi connectivity index (χ1) is 17.2. The van der Waals surface area contributed by atoms with Crippen LogP contribution in [0.5, 0.6) is 5.75 Å². The molecule has 1 atom stereocenters. The molecule has 36 heavy (non-hydrogen) atoms. The first-order valence-electron chi connectivity index (χ1n) is 10.9. The Hall–Kier alpha value is -2.92. The predicted octanol–water partition coefficient (Wildman–Crippen LogP) is 5.71. The number of halogens is 2. The van der Waals surface area contributed by atoms with Crippen molar-refractivity contribution in [2.45, 2.75) is 35.7 Å². The molecule has 3 aromatic carbocycles. The van der Waals surface area contributed by atoms with Gasteiger partial charge in [-0.05, 0) is 73.5 Å². The zero-order valence-electron chi connectivity index (χ0n) is 19.8. The number of hydrogen-bond donors (Lipinski definition) is 1. The van der Waals surface area contributed by atoms with Crippen molar-refractivity contribution >= 4 is 33.4 Å². The topological polar surface area (TPSA) is 86.1 Å². The molecule has 0 saturated carbocycles. The molecule has 0 radical (unpaired) electrons. The second-order valence-electron chi connectivity index (χ2n) is 8.04. The van der Waals surface area contributed by atoms with Gasteiger partial charge in [0, 0.05) is 10.8 Å². The highest BCUT2D eigenvalue weighted by Crippen LogP contribution is 2.31. The second kappa shape index (κ2) is 11.0. The maximum absolute atomic E-state index is 13.3. The molecule has 0 aliphatic heterocycles. The lowest BCUT2D eigenvalue weighted by Crippen LogP contribution is -2.29. The third-order valence-electron chi connectivity index (χ3n) is 5.44. The van der Waals surface area contributed by atoms with Crippen LogP contribution < -0.4 is 9.46 Å². The molecule has 0 fully saturated rings. The van der Waals surface area contributed by atoms with Crippen molar-refractivity contribution in [1.29, 1.82) is 0 Å². The number of nitrogens with zero attached hydrogens (tertiary/aromatic N) is 3. The Morgan fingerprint density at radius 2 is 1.78 bits per heavy atom. The summed E-state index contributed by atoms with van der Waals surface area (Å²) in [7, 11) is -2.34. The molecule has 7 nitrogen and oxygen atoms in total. The van der Waals surface area contributed by atoms with Crippen LogP contribution in [0.25, 0.3) is 5.69 Å². The van der Waals surface area contributed by atoms with Gasteiger partial charge in [-0.3, -0.25) is 4.57 Å². The van der Waals surface area contributed by atoms with Crippen LogP contribution in [-0.2, 0) is 15.8 Å². The summed E-state index contributed by atoms with van der Waals surface area (Å²) in [6, 6.07) is 17.1. The SMILES string of the molecule is COc1ccc(S(=O)(=O)NC(C)c2nnc(SCc3ccc(F)cc3)n2-c2cc(Cl)ccc2C)cc1. The van der Waals surface area contributed by atoms with E-state index < -0.39 is 16.1 Å². The molecule has 11 heteroatoms. The van der Waals surface area contributed by atoms with Crippen LogP contribution in [0.15, 0.2) is 76.8 Å². The lowest BCUT2D eigenvalue weighted by atomic mass is 10.2. The summed E-state index contributed by atoms with van der Waals surface area (Å²) in [5.41, 5.74) is 2.56. The van der Waals surface area contributed by atoms with E-state index in [0.29, 0.717) is 27.5 Å². The number of sulfonamides is 1. The van der Waals surface area contributed by atoms with Gasteiger partial charge >= 0.3 is 0 Å². The van der Waals surface area contributed by atoms with Gasteiger partial charge in [-0.25, -0.2) is 17.5 Å². The summed E-state index contributed by atoms with van der Waals surface area (Å²) in [6.07, 6.45) is 0. The van der Waals surface area contributed by atoms with E-state index in [1.807, 2.05) is 13.0 Å². The highest BCUT2D eigenvalue weighted by Gasteiger charge is 2.25. The van der Waals surface area contributed by atoms with Crippen molar-refractivity contribution in [2.75, 3.05) is 7.11 Å². The maximum Gasteiger partial charge on any atom is 0.241 e. The Balaban J connectivity index is 1.68. The number of rotatable bonds is 9. The lowest BCUT2D eigenvalue weighted by Gasteiger charge is -2.18. The molecule has 0 aliphatic rings. The standard InChI is InChI=1S/C25H24ClFN4O3S2/c1-16-4-7-19(26)14-23(16)31-24(28-29-25(31)35-15-18-5-8-20(27)9-6-18)17(2)30-36(32,33)22-12-10-21(34-3)11-13-22/h4-14,17,30H,15H2,1-3H3. The van der Waals surface area contributed by atoms with Crippen molar-refractivity contribution in [3.05, 3.63) is 94.5 Å². The van der Waals surface area contributed by atoms with E-state index in [-0.39, 0.29) is 10.7 Å². The Kier molecular flexibility index (Phi) is 7.99. The molecule has 4 aromatic rings. The van der Waals surface area contributed by atoms with Crippen molar-refractivity contribution < 1.29 is 17.5 Å².